The average molecular weight is 324 g/mol. The van der Waals surface area contributed by atoms with Crippen molar-refractivity contribution < 1.29 is 9.18 Å². The van der Waals surface area contributed by atoms with Gasteiger partial charge in [-0.25, -0.2) is 4.39 Å². The van der Waals surface area contributed by atoms with Gasteiger partial charge >= 0.3 is 0 Å². The summed E-state index contributed by atoms with van der Waals surface area (Å²) in [5, 5.41) is 2.74. The SMILES string of the molecule is NC(/C=C\Nc1ccncc1F)=NC(=O)C1(c2ccccc2)CC1. The smallest absolute Gasteiger partial charge is 0.258 e. The van der Waals surface area contributed by atoms with Crippen LogP contribution >= 0.6 is 0 Å². The predicted molar refractivity (Wildman–Crippen MR) is 90.9 cm³/mol. The molecule has 0 atom stereocenters. The van der Waals surface area contributed by atoms with E-state index in [4.69, 9.17) is 5.73 Å². The van der Waals surface area contributed by atoms with Crippen LogP contribution in [0.2, 0.25) is 0 Å². The number of amides is 1. The molecule has 24 heavy (non-hydrogen) atoms. The van der Waals surface area contributed by atoms with Crippen LogP contribution in [0.25, 0.3) is 0 Å². The van der Waals surface area contributed by atoms with Crippen LogP contribution < -0.4 is 11.1 Å². The molecule has 6 heteroatoms. The van der Waals surface area contributed by atoms with Crippen LogP contribution in [0, 0.1) is 5.82 Å². The van der Waals surface area contributed by atoms with Crippen molar-refractivity contribution >= 4 is 17.4 Å². The Morgan fingerprint density at radius 1 is 1.29 bits per heavy atom. The van der Waals surface area contributed by atoms with Crippen molar-refractivity contribution in [1.29, 1.82) is 0 Å². The van der Waals surface area contributed by atoms with Crippen LogP contribution in [0.5, 0.6) is 0 Å². The van der Waals surface area contributed by atoms with E-state index < -0.39 is 11.2 Å². The predicted octanol–water partition coefficient (Wildman–Crippen LogP) is 2.76. The number of pyridine rings is 1. The summed E-state index contributed by atoms with van der Waals surface area (Å²) in [5.41, 5.74) is 6.47. The Bertz CT molecular complexity index is 798. The summed E-state index contributed by atoms with van der Waals surface area (Å²) in [4.78, 5) is 20.1. The third-order valence-corrected chi connectivity index (χ3v) is 3.98. The zero-order chi connectivity index (χ0) is 17.0. The number of aromatic nitrogens is 1. The Morgan fingerprint density at radius 2 is 2.04 bits per heavy atom. The number of halogens is 1. The van der Waals surface area contributed by atoms with Crippen molar-refractivity contribution in [2.45, 2.75) is 18.3 Å². The minimum atomic E-state index is -0.537. The van der Waals surface area contributed by atoms with E-state index in [-0.39, 0.29) is 17.4 Å². The molecular weight excluding hydrogens is 307 g/mol. The number of aliphatic imine (C=N–C) groups is 1. The fourth-order valence-electron chi connectivity index (χ4n) is 2.48. The third kappa shape index (κ3) is 3.32. The maximum absolute atomic E-state index is 13.4. The average Bonchev–Trinajstić information content (AvgIpc) is 3.39. The molecule has 3 rings (SSSR count). The first-order chi connectivity index (χ1) is 11.6. The number of carbonyl (C=O) groups excluding carboxylic acids is 1. The highest BCUT2D eigenvalue weighted by Gasteiger charge is 2.51. The van der Waals surface area contributed by atoms with Crippen molar-refractivity contribution in [2.24, 2.45) is 10.7 Å². The first kappa shape index (κ1) is 15.9. The number of nitrogens with two attached hydrogens (primary N) is 1. The fourth-order valence-corrected chi connectivity index (χ4v) is 2.48. The molecule has 2 aromatic rings. The molecular formula is C18H17FN4O. The number of hydrogen-bond acceptors (Lipinski definition) is 3. The van der Waals surface area contributed by atoms with Gasteiger partial charge in [0.2, 0.25) is 0 Å². The van der Waals surface area contributed by atoms with Gasteiger partial charge in [-0.3, -0.25) is 9.78 Å². The monoisotopic (exact) mass is 324 g/mol. The van der Waals surface area contributed by atoms with Gasteiger partial charge in [0.1, 0.15) is 5.84 Å². The summed E-state index contributed by atoms with van der Waals surface area (Å²) < 4.78 is 13.4. The highest BCUT2D eigenvalue weighted by atomic mass is 19.1. The van der Waals surface area contributed by atoms with E-state index in [9.17, 15) is 9.18 Å². The summed E-state index contributed by atoms with van der Waals surface area (Å²) in [6.45, 7) is 0. The molecule has 0 spiro atoms. The maximum atomic E-state index is 13.4. The molecule has 5 nitrogen and oxygen atoms in total. The number of hydrogen-bond donors (Lipinski definition) is 2. The number of benzene rings is 1. The molecule has 0 radical (unpaired) electrons. The quantitative estimate of drug-likeness (QED) is 0.654. The van der Waals surface area contributed by atoms with Crippen LogP contribution in [-0.2, 0) is 10.2 Å². The van der Waals surface area contributed by atoms with E-state index >= 15 is 0 Å². The first-order valence-corrected chi connectivity index (χ1v) is 7.58. The highest BCUT2D eigenvalue weighted by Crippen LogP contribution is 2.49. The molecule has 0 unspecified atom stereocenters. The van der Waals surface area contributed by atoms with E-state index in [0.29, 0.717) is 0 Å². The molecule has 1 aliphatic carbocycles. The molecule has 0 aliphatic heterocycles. The Labute approximate surface area is 139 Å². The summed E-state index contributed by atoms with van der Waals surface area (Å²) in [5.74, 6) is -0.648. The standard InChI is InChI=1S/C18H17FN4O/c19-14-12-21-10-6-15(14)22-11-7-16(20)23-17(24)18(8-9-18)13-4-2-1-3-5-13/h1-7,10-12H,8-9H2,(H,21,22)(H2,20,23,24)/b11-7-. The van der Waals surface area contributed by atoms with Gasteiger partial charge in [0.25, 0.3) is 5.91 Å². The number of amidine groups is 1. The van der Waals surface area contributed by atoms with E-state index in [1.165, 1.54) is 24.5 Å². The molecule has 1 fully saturated rings. The molecule has 1 aromatic carbocycles. The van der Waals surface area contributed by atoms with Crippen LogP contribution in [0.15, 0.2) is 66.1 Å². The number of nitrogens with one attached hydrogen (secondary N) is 1. The van der Waals surface area contributed by atoms with Crippen molar-refractivity contribution in [3.8, 4) is 0 Å². The van der Waals surface area contributed by atoms with Crippen molar-refractivity contribution in [2.75, 3.05) is 5.32 Å². The summed E-state index contributed by atoms with van der Waals surface area (Å²) in [6, 6.07) is 11.1. The van der Waals surface area contributed by atoms with Crippen LogP contribution in [0.1, 0.15) is 18.4 Å². The van der Waals surface area contributed by atoms with E-state index in [1.807, 2.05) is 30.3 Å². The molecule has 1 heterocycles. The van der Waals surface area contributed by atoms with Gasteiger partial charge in [-0.1, -0.05) is 30.3 Å². The van der Waals surface area contributed by atoms with Gasteiger partial charge in [-0.15, -0.1) is 0 Å². The van der Waals surface area contributed by atoms with E-state index in [2.05, 4.69) is 15.3 Å². The maximum Gasteiger partial charge on any atom is 0.258 e. The van der Waals surface area contributed by atoms with Gasteiger partial charge in [0.15, 0.2) is 5.82 Å². The van der Waals surface area contributed by atoms with Crippen LogP contribution in [0.3, 0.4) is 0 Å². The Kier molecular flexibility index (Phi) is 4.37. The lowest BCUT2D eigenvalue weighted by Crippen LogP contribution is -2.22. The summed E-state index contributed by atoms with van der Waals surface area (Å²) >= 11 is 0. The second-order valence-corrected chi connectivity index (χ2v) is 5.62. The van der Waals surface area contributed by atoms with Gasteiger partial charge < -0.3 is 11.1 Å². The van der Waals surface area contributed by atoms with Gasteiger partial charge in [-0.05, 0) is 30.5 Å². The van der Waals surface area contributed by atoms with Crippen LogP contribution in [-0.4, -0.2) is 16.7 Å². The summed E-state index contributed by atoms with van der Waals surface area (Å²) in [7, 11) is 0. The minimum Gasteiger partial charge on any atom is -0.384 e. The zero-order valence-electron chi connectivity index (χ0n) is 12.9. The van der Waals surface area contributed by atoms with Gasteiger partial charge in [-0.2, -0.15) is 4.99 Å². The van der Waals surface area contributed by atoms with Gasteiger partial charge in [0, 0.05) is 12.4 Å². The normalized spacial score (nSPS) is 16.1. The lowest BCUT2D eigenvalue weighted by atomic mass is 9.95. The van der Waals surface area contributed by atoms with Crippen LogP contribution in [0.4, 0.5) is 10.1 Å². The Morgan fingerprint density at radius 3 is 2.71 bits per heavy atom. The molecule has 122 valence electrons. The highest BCUT2D eigenvalue weighted by molar-refractivity contribution is 6.04. The van der Waals surface area contributed by atoms with E-state index in [0.717, 1.165) is 24.6 Å². The summed E-state index contributed by atoms with van der Waals surface area (Å²) in [6.07, 6.45) is 6.99. The second kappa shape index (κ2) is 6.62. The molecule has 1 amide bonds. The lowest BCUT2D eigenvalue weighted by Gasteiger charge is -2.11. The third-order valence-electron chi connectivity index (χ3n) is 3.98. The molecule has 1 aromatic heterocycles. The van der Waals surface area contributed by atoms with Gasteiger partial charge in [0.05, 0.1) is 17.3 Å². The molecule has 1 saturated carbocycles. The fraction of sp³-hybridized carbons (Fsp3) is 0.167. The van der Waals surface area contributed by atoms with Crippen molar-refractivity contribution in [1.82, 2.24) is 4.98 Å². The van der Waals surface area contributed by atoms with Crippen molar-refractivity contribution in [3.63, 3.8) is 0 Å². The lowest BCUT2D eigenvalue weighted by molar-refractivity contribution is -0.120. The zero-order valence-corrected chi connectivity index (χ0v) is 12.9. The number of carbonyl (C=O) groups is 1. The number of anilines is 1. The molecule has 0 bridgehead atoms. The second-order valence-electron chi connectivity index (χ2n) is 5.62. The molecule has 1 aliphatic rings. The largest absolute Gasteiger partial charge is 0.384 e. The molecule has 0 saturated heterocycles. The number of rotatable bonds is 5. The molecule has 3 N–H and O–H groups in total. The van der Waals surface area contributed by atoms with Crippen molar-refractivity contribution in [3.05, 3.63) is 72.4 Å². The number of nitrogens with zero attached hydrogens (tertiary/aromatic N) is 2. The minimum absolute atomic E-state index is 0.0733. The first-order valence-electron chi connectivity index (χ1n) is 7.58. The Balaban J connectivity index is 1.67. The topological polar surface area (TPSA) is 80.4 Å². The Hall–Kier alpha value is -3.02. The van der Waals surface area contributed by atoms with E-state index in [1.54, 1.807) is 0 Å².